The van der Waals surface area contributed by atoms with E-state index >= 15 is 0 Å². The minimum absolute atomic E-state index is 0.236. The summed E-state index contributed by atoms with van der Waals surface area (Å²) in [4.78, 5) is 12.4. The first-order valence-electron chi connectivity index (χ1n) is 6.10. The molecule has 3 nitrogen and oxygen atoms in total. The zero-order valence-electron chi connectivity index (χ0n) is 10.8. The number of anilines is 1. The van der Waals surface area contributed by atoms with Crippen LogP contribution >= 0.6 is 34.2 Å². The lowest BCUT2D eigenvalue weighted by Crippen LogP contribution is -2.14. The molecular formula is C15H13ClINO2. The molecule has 0 aliphatic heterocycles. The molecule has 0 radical (unpaired) electrons. The van der Waals surface area contributed by atoms with Crippen molar-refractivity contribution in [3.05, 3.63) is 56.6 Å². The third kappa shape index (κ3) is 3.64. The number of hydrogen-bond donors (Lipinski definition) is 1. The van der Waals surface area contributed by atoms with Crippen molar-refractivity contribution in [2.24, 2.45) is 0 Å². The van der Waals surface area contributed by atoms with Crippen molar-refractivity contribution < 1.29 is 9.53 Å². The van der Waals surface area contributed by atoms with Crippen LogP contribution in [0, 0.1) is 3.57 Å². The Kier molecular flexibility index (Phi) is 5.25. The number of amides is 1. The van der Waals surface area contributed by atoms with Crippen LogP contribution in [0.4, 0.5) is 5.69 Å². The highest BCUT2D eigenvalue weighted by Gasteiger charge is 2.14. The van der Waals surface area contributed by atoms with Gasteiger partial charge in [-0.2, -0.15) is 0 Å². The molecule has 0 spiro atoms. The van der Waals surface area contributed by atoms with Gasteiger partial charge < -0.3 is 10.1 Å². The number of para-hydroxylation sites is 1. The molecule has 0 saturated heterocycles. The largest absolute Gasteiger partial charge is 0.493 e. The van der Waals surface area contributed by atoms with Crippen LogP contribution < -0.4 is 10.1 Å². The maximum Gasteiger partial charge on any atom is 0.259 e. The minimum Gasteiger partial charge on any atom is -0.493 e. The summed E-state index contributed by atoms with van der Waals surface area (Å²) in [6.45, 7) is 2.36. The van der Waals surface area contributed by atoms with Crippen molar-refractivity contribution in [1.29, 1.82) is 0 Å². The van der Waals surface area contributed by atoms with Gasteiger partial charge in [0.25, 0.3) is 5.91 Å². The molecule has 0 bridgehead atoms. The van der Waals surface area contributed by atoms with Crippen molar-refractivity contribution >= 4 is 45.8 Å². The van der Waals surface area contributed by atoms with Gasteiger partial charge in [0.2, 0.25) is 0 Å². The van der Waals surface area contributed by atoms with E-state index in [0.29, 0.717) is 22.9 Å². The molecule has 0 atom stereocenters. The summed E-state index contributed by atoms with van der Waals surface area (Å²) in [6, 6.07) is 12.6. The van der Waals surface area contributed by atoms with E-state index < -0.39 is 0 Å². The lowest BCUT2D eigenvalue weighted by molar-refractivity contribution is 0.102. The topological polar surface area (TPSA) is 38.3 Å². The molecule has 0 unspecified atom stereocenters. The Morgan fingerprint density at radius 3 is 2.75 bits per heavy atom. The number of carbonyl (C=O) groups excluding carboxylic acids is 1. The lowest BCUT2D eigenvalue weighted by Gasteiger charge is -2.12. The van der Waals surface area contributed by atoms with E-state index in [1.54, 1.807) is 18.2 Å². The summed E-state index contributed by atoms with van der Waals surface area (Å²) < 4.78 is 6.43. The summed E-state index contributed by atoms with van der Waals surface area (Å²) >= 11 is 8.13. The van der Waals surface area contributed by atoms with E-state index in [9.17, 15) is 4.79 Å². The summed E-state index contributed by atoms with van der Waals surface area (Å²) in [5.41, 5.74) is 1.19. The van der Waals surface area contributed by atoms with Crippen LogP contribution in [0.3, 0.4) is 0 Å². The summed E-state index contributed by atoms with van der Waals surface area (Å²) in [6.07, 6.45) is 0. The fourth-order valence-corrected chi connectivity index (χ4v) is 2.41. The van der Waals surface area contributed by atoms with Crippen molar-refractivity contribution in [2.45, 2.75) is 6.92 Å². The average Bonchev–Trinajstić information content (AvgIpc) is 2.43. The Morgan fingerprint density at radius 1 is 1.30 bits per heavy atom. The summed E-state index contributed by atoms with van der Waals surface area (Å²) in [7, 11) is 0. The molecule has 2 aromatic rings. The van der Waals surface area contributed by atoms with E-state index in [-0.39, 0.29) is 5.91 Å². The number of ether oxygens (including phenoxy) is 1. The van der Waals surface area contributed by atoms with Gasteiger partial charge in [0.05, 0.1) is 17.9 Å². The smallest absolute Gasteiger partial charge is 0.259 e. The molecule has 20 heavy (non-hydrogen) atoms. The van der Waals surface area contributed by atoms with Crippen LogP contribution in [0.15, 0.2) is 42.5 Å². The summed E-state index contributed by atoms with van der Waals surface area (Å²) in [5.74, 6) is 0.292. The fraction of sp³-hybridized carbons (Fsp3) is 0.133. The number of benzene rings is 2. The van der Waals surface area contributed by atoms with Crippen molar-refractivity contribution in [3.63, 3.8) is 0 Å². The fourth-order valence-electron chi connectivity index (χ4n) is 1.71. The van der Waals surface area contributed by atoms with Gasteiger partial charge in [0.1, 0.15) is 5.75 Å². The Hall–Kier alpha value is -1.27. The number of hydrogen-bond acceptors (Lipinski definition) is 2. The highest BCUT2D eigenvalue weighted by atomic mass is 127. The Morgan fingerprint density at radius 2 is 2.05 bits per heavy atom. The molecule has 2 aromatic carbocycles. The maximum atomic E-state index is 12.4. The highest BCUT2D eigenvalue weighted by molar-refractivity contribution is 14.1. The van der Waals surface area contributed by atoms with Gasteiger partial charge >= 0.3 is 0 Å². The molecular weight excluding hydrogens is 389 g/mol. The molecule has 0 fully saturated rings. The van der Waals surface area contributed by atoms with Crippen molar-refractivity contribution in [3.8, 4) is 5.75 Å². The predicted molar refractivity (Wildman–Crippen MR) is 89.7 cm³/mol. The van der Waals surface area contributed by atoms with Gasteiger partial charge in [0.15, 0.2) is 0 Å². The molecule has 5 heteroatoms. The zero-order chi connectivity index (χ0) is 14.5. The van der Waals surface area contributed by atoms with Crippen LogP contribution in [0.5, 0.6) is 5.75 Å². The van der Waals surface area contributed by atoms with Gasteiger partial charge in [-0.05, 0) is 59.8 Å². The van der Waals surface area contributed by atoms with Crippen LogP contribution in [0.2, 0.25) is 5.02 Å². The molecule has 104 valence electrons. The molecule has 0 saturated carbocycles. The van der Waals surface area contributed by atoms with Crippen LogP contribution in [0.25, 0.3) is 0 Å². The van der Waals surface area contributed by atoms with Crippen LogP contribution in [-0.2, 0) is 0 Å². The molecule has 0 aliphatic carbocycles. The van der Waals surface area contributed by atoms with E-state index in [4.69, 9.17) is 16.3 Å². The number of carbonyl (C=O) groups is 1. The second-order valence-corrected chi connectivity index (χ2v) is 5.61. The Labute approximate surface area is 136 Å². The first-order chi connectivity index (χ1) is 9.61. The second-order valence-electron chi connectivity index (χ2n) is 4.01. The average molecular weight is 402 g/mol. The standard InChI is InChI=1S/C15H13ClINO2/c1-2-20-14-8-7-10(16)9-11(14)15(19)18-13-6-4-3-5-12(13)17/h3-9H,2H2,1H3,(H,18,19). The third-order valence-electron chi connectivity index (χ3n) is 2.61. The van der Waals surface area contributed by atoms with Gasteiger partial charge in [0, 0.05) is 8.59 Å². The number of rotatable bonds is 4. The molecule has 0 aliphatic rings. The minimum atomic E-state index is -0.236. The Balaban J connectivity index is 2.29. The van der Waals surface area contributed by atoms with Crippen LogP contribution in [0.1, 0.15) is 17.3 Å². The Bertz CT molecular complexity index is 631. The molecule has 2 rings (SSSR count). The van der Waals surface area contributed by atoms with Crippen molar-refractivity contribution in [1.82, 2.24) is 0 Å². The van der Waals surface area contributed by atoms with Gasteiger partial charge in [-0.15, -0.1) is 0 Å². The molecule has 1 N–H and O–H groups in total. The highest BCUT2D eigenvalue weighted by Crippen LogP contribution is 2.25. The van der Waals surface area contributed by atoms with E-state index in [0.717, 1.165) is 9.26 Å². The predicted octanol–water partition coefficient (Wildman–Crippen LogP) is 4.60. The van der Waals surface area contributed by atoms with Gasteiger partial charge in [-0.25, -0.2) is 0 Å². The summed E-state index contributed by atoms with van der Waals surface area (Å²) in [5, 5.41) is 3.37. The first-order valence-corrected chi connectivity index (χ1v) is 7.55. The second kappa shape index (κ2) is 6.95. The van der Waals surface area contributed by atoms with E-state index in [1.165, 1.54) is 0 Å². The third-order valence-corrected chi connectivity index (χ3v) is 3.78. The molecule has 0 heterocycles. The van der Waals surface area contributed by atoms with Crippen molar-refractivity contribution in [2.75, 3.05) is 11.9 Å². The van der Waals surface area contributed by atoms with E-state index in [2.05, 4.69) is 27.9 Å². The first kappa shape index (κ1) is 15.1. The lowest BCUT2D eigenvalue weighted by atomic mass is 10.2. The number of nitrogens with one attached hydrogen (secondary N) is 1. The maximum absolute atomic E-state index is 12.4. The number of halogens is 2. The normalized spacial score (nSPS) is 10.2. The van der Waals surface area contributed by atoms with Gasteiger partial charge in [-0.1, -0.05) is 23.7 Å². The van der Waals surface area contributed by atoms with Crippen LogP contribution in [-0.4, -0.2) is 12.5 Å². The van der Waals surface area contributed by atoms with Gasteiger partial charge in [-0.3, -0.25) is 4.79 Å². The SMILES string of the molecule is CCOc1ccc(Cl)cc1C(=O)Nc1ccccc1I. The quantitative estimate of drug-likeness (QED) is 0.761. The zero-order valence-corrected chi connectivity index (χ0v) is 13.7. The monoisotopic (exact) mass is 401 g/mol. The van der Waals surface area contributed by atoms with E-state index in [1.807, 2.05) is 31.2 Å². The molecule has 1 amide bonds. The molecule has 0 aromatic heterocycles.